The first kappa shape index (κ1) is 20.3. The Kier molecular flexibility index (Phi) is 6.93. The highest BCUT2D eigenvalue weighted by atomic mass is 32.1. The van der Waals surface area contributed by atoms with E-state index in [1.54, 1.807) is 11.3 Å². The first-order valence-corrected chi connectivity index (χ1v) is 11.1. The van der Waals surface area contributed by atoms with Gasteiger partial charge in [0.25, 0.3) is 0 Å². The summed E-state index contributed by atoms with van der Waals surface area (Å²) in [6.45, 7) is 8.97. The molecule has 1 fully saturated rings. The molecule has 0 radical (unpaired) electrons. The van der Waals surface area contributed by atoms with E-state index in [1.807, 2.05) is 6.92 Å². The number of fused-ring (bicyclic) bond motifs is 1. The molecule has 0 spiro atoms. The normalized spacial score (nSPS) is 23.4. The van der Waals surface area contributed by atoms with Crippen LogP contribution in [0.5, 0.6) is 0 Å². The molecule has 1 aromatic rings. The topological polar surface area (TPSA) is 58.6 Å². The summed E-state index contributed by atoms with van der Waals surface area (Å²) in [5.74, 6) is 0.912. The molecule has 2 heterocycles. The van der Waals surface area contributed by atoms with E-state index in [1.165, 1.54) is 17.7 Å². The van der Waals surface area contributed by atoms with Crippen molar-refractivity contribution in [1.29, 1.82) is 0 Å². The van der Waals surface area contributed by atoms with Gasteiger partial charge in [-0.2, -0.15) is 0 Å². The summed E-state index contributed by atoms with van der Waals surface area (Å²) in [6, 6.07) is 0. The standard InChI is InChI=1S/C21H32N2O3S/c1-4-26-21(25)19-16-8-6-5-7-9-17(16)27-20(19)22-18(24)13-23-11-14(2)10-15(3)12-23/h14-15H,4-13H2,1-3H3,(H,22,24). The van der Waals surface area contributed by atoms with Crippen molar-refractivity contribution in [1.82, 2.24) is 4.90 Å². The van der Waals surface area contributed by atoms with E-state index in [4.69, 9.17) is 4.74 Å². The molecule has 1 aromatic heterocycles. The molecule has 1 amide bonds. The van der Waals surface area contributed by atoms with Crippen molar-refractivity contribution in [2.45, 2.75) is 59.3 Å². The predicted octanol–water partition coefficient (Wildman–Crippen LogP) is 4.11. The van der Waals surface area contributed by atoms with Crippen LogP contribution in [-0.2, 0) is 22.4 Å². The number of esters is 1. The molecule has 0 saturated carbocycles. The van der Waals surface area contributed by atoms with E-state index in [0.717, 1.165) is 44.3 Å². The largest absolute Gasteiger partial charge is 0.462 e. The van der Waals surface area contributed by atoms with Gasteiger partial charge in [-0.05, 0) is 56.4 Å². The van der Waals surface area contributed by atoms with Gasteiger partial charge in [0.15, 0.2) is 0 Å². The van der Waals surface area contributed by atoms with Gasteiger partial charge in [-0.1, -0.05) is 20.3 Å². The Balaban J connectivity index is 1.75. The number of hydrogen-bond donors (Lipinski definition) is 1. The van der Waals surface area contributed by atoms with Crippen LogP contribution in [0, 0.1) is 11.8 Å². The van der Waals surface area contributed by atoms with Gasteiger partial charge in [-0.25, -0.2) is 4.79 Å². The third-order valence-corrected chi connectivity index (χ3v) is 6.67. The summed E-state index contributed by atoms with van der Waals surface area (Å²) in [5, 5.41) is 3.73. The van der Waals surface area contributed by atoms with Crippen LogP contribution in [0.1, 0.15) is 67.3 Å². The van der Waals surface area contributed by atoms with E-state index in [9.17, 15) is 9.59 Å². The summed E-state index contributed by atoms with van der Waals surface area (Å²) in [4.78, 5) is 28.8. The number of anilines is 1. The average molecular weight is 393 g/mol. The number of carbonyl (C=O) groups excluding carboxylic acids is 2. The Morgan fingerprint density at radius 3 is 2.56 bits per heavy atom. The highest BCUT2D eigenvalue weighted by Crippen LogP contribution is 2.38. The number of piperidine rings is 1. The average Bonchev–Trinajstić information content (AvgIpc) is 2.75. The van der Waals surface area contributed by atoms with Crippen LogP contribution in [0.2, 0.25) is 0 Å². The summed E-state index contributed by atoms with van der Waals surface area (Å²) in [6.07, 6.45) is 6.54. The quantitative estimate of drug-likeness (QED) is 0.605. The number of nitrogens with one attached hydrogen (secondary N) is 1. The second kappa shape index (κ2) is 9.20. The highest BCUT2D eigenvalue weighted by Gasteiger charge is 2.28. The monoisotopic (exact) mass is 392 g/mol. The lowest BCUT2D eigenvalue weighted by molar-refractivity contribution is -0.117. The summed E-state index contributed by atoms with van der Waals surface area (Å²) < 4.78 is 5.30. The van der Waals surface area contributed by atoms with Gasteiger partial charge in [-0.3, -0.25) is 9.69 Å². The van der Waals surface area contributed by atoms with Crippen LogP contribution >= 0.6 is 11.3 Å². The molecule has 150 valence electrons. The molecular formula is C21H32N2O3S. The second-order valence-corrected chi connectivity index (χ2v) is 9.28. The van der Waals surface area contributed by atoms with Crippen LogP contribution in [0.4, 0.5) is 5.00 Å². The fourth-order valence-corrected chi connectivity index (χ4v) is 5.83. The smallest absolute Gasteiger partial charge is 0.341 e. The number of hydrogen-bond acceptors (Lipinski definition) is 5. The fraction of sp³-hybridized carbons (Fsp3) is 0.714. The summed E-state index contributed by atoms with van der Waals surface area (Å²) in [7, 11) is 0. The zero-order valence-corrected chi connectivity index (χ0v) is 17.6. The fourth-order valence-electron chi connectivity index (χ4n) is 4.54. The molecule has 1 saturated heterocycles. The molecule has 0 bridgehead atoms. The molecule has 1 N–H and O–H groups in total. The number of thiophene rings is 1. The third kappa shape index (κ3) is 5.11. The van der Waals surface area contributed by atoms with Crippen LogP contribution in [0.25, 0.3) is 0 Å². The minimum atomic E-state index is -0.299. The van der Waals surface area contributed by atoms with Crippen molar-refractivity contribution in [3.05, 3.63) is 16.0 Å². The summed E-state index contributed by atoms with van der Waals surface area (Å²) in [5.41, 5.74) is 1.71. The molecule has 1 aliphatic heterocycles. The molecule has 27 heavy (non-hydrogen) atoms. The molecule has 3 rings (SSSR count). The minimum Gasteiger partial charge on any atom is -0.462 e. The van der Waals surface area contributed by atoms with Gasteiger partial charge in [0.05, 0.1) is 18.7 Å². The lowest BCUT2D eigenvalue weighted by Crippen LogP contribution is -2.42. The van der Waals surface area contributed by atoms with Gasteiger partial charge in [0.2, 0.25) is 5.91 Å². The molecule has 5 nitrogen and oxygen atoms in total. The highest BCUT2D eigenvalue weighted by molar-refractivity contribution is 7.17. The molecular weight excluding hydrogens is 360 g/mol. The summed E-state index contributed by atoms with van der Waals surface area (Å²) >= 11 is 1.57. The van der Waals surface area contributed by atoms with Crippen molar-refractivity contribution < 1.29 is 14.3 Å². The lowest BCUT2D eigenvalue weighted by Gasteiger charge is -2.34. The van der Waals surface area contributed by atoms with Crippen molar-refractivity contribution in [3.8, 4) is 0 Å². The van der Waals surface area contributed by atoms with Gasteiger partial charge >= 0.3 is 5.97 Å². The second-order valence-electron chi connectivity index (χ2n) is 8.18. The van der Waals surface area contributed by atoms with E-state index in [-0.39, 0.29) is 11.9 Å². The Morgan fingerprint density at radius 1 is 1.15 bits per heavy atom. The van der Waals surface area contributed by atoms with E-state index < -0.39 is 0 Å². The van der Waals surface area contributed by atoms with E-state index in [0.29, 0.717) is 35.6 Å². The van der Waals surface area contributed by atoms with Crippen LogP contribution in [0.3, 0.4) is 0 Å². The number of ether oxygens (including phenoxy) is 1. The number of likely N-dealkylation sites (tertiary alicyclic amines) is 1. The Morgan fingerprint density at radius 2 is 1.85 bits per heavy atom. The predicted molar refractivity (Wildman–Crippen MR) is 110 cm³/mol. The van der Waals surface area contributed by atoms with E-state index in [2.05, 4.69) is 24.1 Å². The Hall–Kier alpha value is -1.40. The number of nitrogens with zero attached hydrogens (tertiary/aromatic N) is 1. The maximum absolute atomic E-state index is 12.7. The Labute approximate surface area is 166 Å². The molecule has 2 atom stereocenters. The van der Waals surface area contributed by atoms with Crippen LogP contribution in [-0.4, -0.2) is 43.0 Å². The first-order valence-electron chi connectivity index (χ1n) is 10.3. The number of aryl methyl sites for hydroxylation is 1. The number of rotatable bonds is 5. The van der Waals surface area contributed by atoms with Gasteiger partial charge in [-0.15, -0.1) is 11.3 Å². The zero-order valence-electron chi connectivity index (χ0n) is 16.8. The number of amides is 1. The van der Waals surface area contributed by atoms with Crippen molar-refractivity contribution >= 4 is 28.2 Å². The maximum Gasteiger partial charge on any atom is 0.341 e. The molecule has 2 aliphatic rings. The van der Waals surface area contributed by atoms with Gasteiger partial charge in [0, 0.05) is 18.0 Å². The minimum absolute atomic E-state index is 0.0294. The lowest BCUT2D eigenvalue weighted by atomic mass is 9.92. The Bertz CT molecular complexity index is 675. The van der Waals surface area contributed by atoms with Gasteiger partial charge < -0.3 is 10.1 Å². The van der Waals surface area contributed by atoms with E-state index >= 15 is 0 Å². The third-order valence-electron chi connectivity index (χ3n) is 5.47. The molecule has 6 heteroatoms. The zero-order chi connectivity index (χ0) is 19.4. The SMILES string of the molecule is CCOC(=O)c1c(NC(=O)CN2CC(C)CC(C)C2)sc2c1CCCCC2. The molecule has 0 aromatic carbocycles. The van der Waals surface area contributed by atoms with Crippen molar-refractivity contribution in [3.63, 3.8) is 0 Å². The van der Waals surface area contributed by atoms with Crippen molar-refractivity contribution in [2.75, 3.05) is 31.6 Å². The number of carbonyl (C=O) groups is 2. The maximum atomic E-state index is 12.7. The van der Waals surface area contributed by atoms with Crippen LogP contribution in [0.15, 0.2) is 0 Å². The van der Waals surface area contributed by atoms with Gasteiger partial charge in [0.1, 0.15) is 5.00 Å². The molecule has 1 aliphatic carbocycles. The van der Waals surface area contributed by atoms with Crippen molar-refractivity contribution in [2.24, 2.45) is 11.8 Å². The van der Waals surface area contributed by atoms with Crippen LogP contribution < -0.4 is 5.32 Å². The molecule has 2 unspecified atom stereocenters. The first-order chi connectivity index (χ1) is 13.0.